The van der Waals surface area contributed by atoms with Gasteiger partial charge in [-0.3, -0.25) is 9.89 Å². The lowest BCUT2D eigenvalue weighted by atomic mass is 9.97. The highest BCUT2D eigenvalue weighted by molar-refractivity contribution is 5.94. The Morgan fingerprint density at radius 1 is 1.50 bits per heavy atom. The van der Waals surface area contributed by atoms with Gasteiger partial charge in [-0.2, -0.15) is 5.10 Å². The molecule has 1 aliphatic heterocycles. The lowest BCUT2D eigenvalue weighted by Crippen LogP contribution is -2.47. The molecule has 1 amide bonds. The van der Waals surface area contributed by atoms with Crippen molar-refractivity contribution in [2.24, 2.45) is 0 Å². The summed E-state index contributed by atoms with van der Waals surface area (Å²) in [5.41, 5.74) is 1.57. The highest BCUT2D eigenvalue weighted by Crippen LogP contribution is 2.28. The number of hydrogen-bond donors (Lipinski definition) is 3. The molecule has 1 saturated heterocycles. The molecule has 0 spiro atoms. The third-order valence-electron chi connectivity index (χ3n) is 3.79. The van der Waals surface area contributed by atoms with Crippen LogP contribution in [0, 0.1) is 13.8 Å². The maximum absolute atomic E-state index is 12.4. The van der Waals surface area contributed by atoms with Crippen LogP contribution >= 0.6 is 0 Å². The Bertz CT molecular complexity index is 611. The van der Waals surface area contributed by atoms with Crippen LogP contribution in [0.25, 0.3) is 0 Å². The third kappa shape index (κ3) is 2.00. The van der Waals surface area contributed by atoms with Gasteiger partial charge in [0, 0.05) is 36.7 Å². The molecule has 0 saturated carbocycles. The lowest BCUT2D eigenvalue weighted by Gasteiger charge is -2.26. The Balaban J connectivity index is 1.88. The molecule has 1 unspecified atom stereocenters. The zero-order chi connectivity index (χ0) is 14.2. The number of hydrogen-bond acceptors (Lipinski definition) is 4. The normalized spacial score (nSPS) is 22.1. The van der Waals surface area contributed by atoms with Crippen LogP contribution in [0.5, 0.6) is 0 Å². The zero-order valence-corrected chi connectivity index (χ0v) is 11.5. The van der Waals surface area contributed by atoms with Gasteiger partial charge in [-0.05, 0) is 13.8 Å². The van der Waals surface area contributed by atoms with Gasteiger partial charge in [0.25, 0.3) is 5.91 Å². The lowest BCUT2D eigenvalue weighted by molar-refractivity contribution is 0.0863. The smallest absolute Gasteiger partial charge is 0.272 e. The molecule has 20 heavy (non-hydrogen) atoms. The molecule has 3 N–H and O–H groups in total. The van der Waals surface area contributed by atoms with E-state index in [9.17, 15) is 4.79 Å². The molecule has 0 radical (unpaired) electrons. The number of amides is 1. The first-order valence-electron chi connectivity index (χ1n) is 6.54. The largest absolute Gasteiger partial charge is 0.378 e. The standard InChI is InChI=1S/C13H17N5O2/c1-8-9(2)17-18-10(8)11(19)16-13(3-6-20-7-13)12-14-4-5-15-12/h4-5H,3,6-7H2,1-2H3,(H,14,15)(H,16,19)(H,17,18). The highest BCUT2D eigenvalue weighted by Gasteiger charge is 2.41. The Hall–Kier alpha value is -2.15. The molecule has 3 rings (SSSR count). The Kier molecular flexibility index (Phi) is 3.06. The van der Waals surface area contributed by atoms with Crippen molar-refractivity contribution in [2.75, 3.05) is 13.2 Å². The van der Waals surface area contributed by atoms with Gasteiger partial charge in [0.05, 0.1) is 6.61 Å². The van der Waals surface area contributed by atoms with Gasteiger partial charge in [0.2, 0.25) is 0 Å². The van der Waals surface area contributed by atoms with Crippen molar-refractivity contribution in [3.8, 4) is 0 Å². The number of carbonyl (C=O) groups is 1. The predicted octanol–water partition coefficient (Wildman–Crippen LogP) is 0.795. The van der Waals surface area contributed by atoms with E-state index < -0.39 is 5.54 Å². The number of carbonyl (C=O) groups excluding carboxylic acids is 1. The second-order valence-electron chi connectivity index (χ2n) is 5.10. The van der Waals surface area contributed by atoms with Crippen molar-refractivity contribution >= 4 is 5.91 Å². The minimum Gasteiger partial charge on any atom is -0.378 e. The first-order valence-corrected chi connectivity index (χ1v) is 6.54. The molecule has 1 fully saturated rings. The average molecular weight is 275 g/mol. The van der Waals surface area contributed by atoms with E-state index in [0.717, 1.165) is 11.3 Å². The molecular formula is C13H17N5O2. The molecule has 1 aliphatic rings. The molecule has 2 aromatic rings. The van der Waals surface area contributed by atoms with Crippen LogP contribution < -0.4 is 5.32 Å². The van der Waals surface area contributed by atoms with Gasteiger partial charge >= 0.3 is 0 Å². The fourth-order valence-corrected chi connectivity index (χ4v) is 2.42. The van der Waals surface area contributed by atoms with Crippen LogP contribution in [0.1, 0.15) is 34.0 Å². The molecule has 7 nitrogen and oxygen atoms in total. The number of nitrogens with one attached hydrogen (secondary N) is 3. The van der Waals surface area contributed by atoms with E-state index >= 15 is 0 Å². The van der Waals surface area contributed by atoms with E-state index in [4.69, 9.17) is 4.74 Å². The number of aryl methyl sites for hydroxylation is 1. The summed E-state index contributed by atoms with van der Waals surface area (Å²) in [6.45, 7) is 4.77. The van der Waals surface area contributed by atoms with E-state index in [1.807, 2.05) is 13.8 Å². The van der Waals surface area contributed by atoms with Crippen molar-refractivity contribution in [3.05, 3.63) is 35.2 Å². The van der Waals surface area contributed by atoms with Gasteiger partial charge < -0.3 is 15.0 Å². The van der Waals surface area contributed by atoms with Crippen LogP contribution in [-0.4, -0.2) is 39.3 Å². The number of aromatic nitrogens is 4. The van der Waals surface area contributed by atoms with Crippen LogP contribution in [-0.2, 0) is 10.3 Å². The third-order valence-corrected chi connectivity index (χ3v) is 3.79. The zero-order valence-electron chi connectivity index (χ0n) is 11.5. The van der Waals surface area contributed by atoms with Crippen LogP contribution in [0.15, 0.2) is 12.4 Å². The molecule has 0 aliphatic carbocycles. The van der Waals surface area contributed by atoms with Crippen molar-refractivity contribution in [1.29, 1.82) is 0 Å². The minimum absolute atomic E-state index is 0.214. The second kappa shape index (κ2) is 4.75. The number of imidazole rings is 1. The second-order valence-corrected chi connectivity index (χ2v) is 5.10. The minimum atomic E-state index is -0.597. The summed E-state index contributed by atoms with van der Waals surface area (Å²) in [4.78, 5) is 19.8. The molecule has 0 bridgehead atoms. The van der Waals surface area contributed by atoms with E-state index in [1.165, 1.54) is 0 Å². The molecular weight excluding hydrogens is 258 g/mol. The van der Waals surface area contributed by atoms with Crippen LogP contribution in [0.3, 0.4) is 0 Å². The van der Waals surface area contributed by atoms with Gasteiger partial charge in [-0.25, -0.2) is 4.98 Å². The van der Waals surface area contributed by atoms with E-state index in [0.29, 0.717) is 31.2 Å². The summed E-state index contributed by atoms with van der Waals surface area (Å²) in [5.74, 6) is 0.502. The highest BCUT2D eigenvalue weighted by atomic mass is 16.5. The summed E-state index contributed by atoms with van der Waals surface area (Å²) in [6.07, 6.45) is 4.10. The summed E-state index contributed by atoms with van der Waals surface area (Å²) in [6, 6.07) is 0. The molecule has 3 heterocycles. The first-order chi connectivity index (χ1) is 9.62. The molecule has 2 aromatic heterocycles. The number of aromatic amines is 2. The number of nitrogens with zero attached hydrogens (tertiary/aromatic N) is 2. The molecule has 1 atom stereocenters. The fraction of sp³-hybridized carbons (Fsp3) is 0.462. The van der Waals surface area contributed by atoms with Gasteiger partial charge in [0.15, 0.2) is 5.69 Å². The summed E-state index contributed by atoms with van der Waals surface area (Å²) in [7, 11) is 0. The molecule has 106 valence electrons. The monoisotopic (exact) mass is 275 g/mol. The van der Waals surface area contributed by atoms with Gasteiger partial charge in [0.1, 0.15) is 11.4 Å². The SMILES string of the molecule is Cc1[nH]nc(C(=O)NC2(c3ncc[nH]3)CCOC2)c1C. The number of H-pyrrole nitrogens is 2. The molecule has 7 heteroatoms. The maximum atomic E-state index is 12.4. The summed E-state index contributed by atoms with van der Waals surface area (Å²) < 4.78 is 5.45. The Morgan fingerprint density at radius 3 is 2.90 bits per heavy atom. The van der Waals surface area contributed by atoms with E-state index in [1.54, 1.807) is 12.4 Å². The van der Waals surface area contributed by atoms with Crippen molar-refractivity contribution in [1.82, 2.24) is 25.5 Å². The first kappa shape index (κ1) is 12.9. The maximum Gasteiger partial charge on any atom is 0.272 e. The van der Waals surface area contributed by atoms with Crippen LogP contribution in [0.2, 0.25) is 0 Å². The van der Waals surface area contributed by atoms with E-state index in [2.05, 4.69) is 25.5 Å². The predicted molar refractivity (Wildman–Crippen MR) is 71.2 cm³/mol. The number of rotatable bonds is 3. The summed E-state index contributed by atoms with van der Waals surface area (Å²) in [5, 5.41) is 9.91. The van der Waals surface area contributed by atoms with Crippen molar-refractivity contribution < 1.29 is 9.53 Å². The average Bonchev–Trinajstić information content (AvgIpc) is 3.13. The topological polar surface area (TPSA) is 95.7 Å². The molecule has 0 aromatic carbocycles. The van der Waals surface area contributed by atoms with E-state index in [-0.39, 0.29) is 5.91 Å². The quantitative estimate of drug-likeness (QED) is 0.772. The summed E-state index contributed by atoms with van der Waals surface area (Å²) >= 11 is 0. The number of ether oxygens (including phenoxy) is 1. The van der Waals surface area contributed by atoms with Gasteiger partial charge in [-0.1, -0.05) is 0 Å². The Labute approximate surface area is 116 Å². The van der Waals surface area contributed by atoms with Crippen molar-refractivity contribution in [2.45, 2.75) is 25.8 Å². The van der Waals surface area contributed by atoms with Crippen molar-refractivity contribution in [3.63, 3.8) is 0 Å². The van der Waals surface area contributed by atoms with Crippen LogP contribution in [0.4, 0.5) is 0 Å². The fourth-order valence-electron chi connectivity index (χ4n) is 2.42. The van der Waals surface area contributed by atoms with Gasteiger partial charge in [-0.15, -0.1) is 0 Å². The Morgan fingerprint density at radius 2 is 2.35 bits per heavy atom.